The van der Waals surface area contributed by atoms with Crippen molar-refractivity contribution >= 4 is 15.9 Å². The van der Waals surface area contributed by atoms with Crippen molar-refractivity contribution < 1.29 is 13.2 Å². The molecule has 0 aromatic heterocycles. The fraction of sp³-hybridized carbons (Fsp3) is 0.833. The van der Waals surface area contributed by atoms with Crippen LogP contribution in [-0.4, -0.2) is 11.5 Å². The highest BCUT2D eigenvalue weighted by molar-refractivity contribution is 9.09. The SMILES string of the molecule is N#CC[C@@H](CBr)CC(F)(F)F. The standard InChI is InChI=1S/C6H7BrF3N/c7-4-5(1-2-11)3-6(8,9)10/h5H,1,3-4H2/t5-/m1/s1. The first-order valence-electron chi connectivity index (χ1n) is 2.99. The van der Waals surface area contributed by atoms with E-state index < -0.39 is 18.5 Å². The van der Waals surface area contributed by atoms with Crippen LogP contribution in [-0.2, 0) is 0 Å². The van der Waals surface area contributed by atoms with E-state index in [0.29, 0.717) is 0 Å². The number of nitriles is 1. The number of rotatable bonds is 3. The molecule has 11 heavy (non-hydrogen) atoms. The Morgan fingerprint density at radius 3 is 2.27 bits per heavy atom. The number of nitrogens with zero attached hydrogens (tertiary/aromatic N) is 1. The average Bonchev–Trinajstić information content (AvgIpc) is 1.84. The summed E-state index contributed by atoms with van der Waals surface area (Å²) in [5, 5.41) is 8.35. The van der Waals surface area contributed by atoms with Crippen molar-refractivity contribution in [2.75, 3.05) is 5.33 Å². The molecule has 0 spiro atoms. The number of alkyl halides is 4. The third-order valence-corrected chi connectivity index (χ3v) is 2.03. The highest BCUT2D eigenvalue weighted by Crippen LogP contribution is 2.27. The van der Waals surface area contributed by atoms with Crippen molar-refractivity contribution in [3.05, 3.63) is 0 Å². The van der Waals surface area contributed by atoms with Crippen LogP contribution >= 0.6 is 15.9 Å². The molecule has 0 bridgehead atoms. The summed E-state index contributed by atoms with van der Waals surface area (Å²) in [4.78, 5) is 0. The van der Waals surface area contributed by atoms with Gasteiger partial charge in [0, 0.05) is 18.2 Å². The molecule has 0 heterocycles. The first-order valence-corrected chi connectivity index (χ1v) is 4.11. The van der Waals surface area contributed by atoms with Crippen molar-refractivity contribution in [2.24, 2.45) is 5.92 Å². The zero-order valence-electron chi connectivity index (χ0n) is 5.66. The van der Waals surface area contributed by atoms with Gasteiger partial charge in [-0.15, -0.1) is 0 Å². The van der Waals surface area contributed by atoms with Gasteiger partial charge in [0.2, 0.25) is 0 Å². The lowest BCUT2D eigenvalue weighted by Crippen LogP contribution is -2.15. The van der Waals surface area contributed by atoms with Gasteiger partial charge in [-0.2, -0.15) is 18.4 Å². The Hall–Kier alpha value is -0.240. The van der Waals surface area contributed by atoms with Crippen molar-refractivity contribution in [2.45, 2.75) is 19.0 Å². The van der Waals surface area contributed by atoms with Crippen LogP contribution < -0.4 is 0 Å². The van der Waals surface area contributed by atoms with E-state index in [1.807, 2.05) is 0 Å². The Kier molecular flexibility index (Phi) is 4.50. The second-order valence-electron chi connectivity index (χ2n) is 2.20. The quantitative estimate of drug-likeness (QED) is 0.684. The van der Waals surface area contributed by atoms with E-state index in [1.54, 1.807) is 6.07 Å². The van der Waals surface area contributed by atoms with Crippen LogP contribution in [0, 0.1) is 17.2 Å². The predicted octanol–water partition coefficient (Wildman–Crippen LogP) is 2.86. The summed E-state index contributed by atoms with van der Waals surface area (Å²) in [6.07, 6.45) is -5.09. The van der Waals surface area contributed by atoms with Crippen LogP contribution in [0.5, 0.6) is 0 Å². The van der Waals surface area contributed by atoms with E-state index in [2.05, 4.69) is 15.9 Å². The summed E-state index contributed by atoms with van der Waals surface area (Å²) >= 11 is 2.92. The first-order chi connectivity index (χ1) is 4.99. The maximum absolute atomic E-state index is 11.7. The largest absolute Gasteiger partial charge is 0.389 e. The maximum Gasteiger partial charge on any atom is 0.389 e. The Bertz CT molecular complexity index is 149. The van der Waals surface area contributed by atoms with Crippen LogP contribution in [0.4, 0.5) is 13.2 Å². The maximum atomic E-state index is 11.7. The normalized spacial score (nSPS) is 14.1. The van der Waals surface area contributed by atoms with Gasteiger partial charge in [-0.25, -0.2) is 0 Å². The lowest BCUT2D eigenvalue weighted by atomic mass is 10.1. The van der Waals surface area contributed by atoms with Crippen LogP contribution in [0.25, 0.3) is 0 Å². The Morgan fingerprint density at radius 1 is 1.45 bits per heavy atom. The molecule has 0 amide bonds. The molecule has 1 atom stereocenters. The molecule has 0 aromatic carbocycles. The van der Waals surface area contributed by atoms with Gasteiger partial charge in [0.25, 0.3) is 0 Å². The summed E-state index contributed by atoms with van der Waals surface area (Å²) in [6, 6.07) is 1.71. The average molecular weight is 230 g/mol. The van der Waals surface area contributed by atoms with E-state index in [0.717, 1.165) is 0 Å². The van der Waals surface area contributed by atoms with Gasteiger partial charge in [0.1, 0.15) is 0 Å². The van der Waals surface area contributed by atoms with Gasteiger partial charge < -0.3 is 0 Å². The smallest absolute Gasteiger partial charge is 0.198 e. The van der Waals surface area contributed by atoms with E-state index in [4.69, 9.17) is 5.26 Å². The zero-order valence-corrected chi connectivity index (χ0v) is 7.24. The minimum Gasteiger partial charge on any atom is -0.198 e. The van der Waals surface area contributed by atoms with E-state index in [-0.39, 0.29) is 11.8 Å². The summed E-state index contributed by atoms with van der Waals surface area (Å²) in [7, 11) is 0. The van der Waals surface area contributed by atoms with Crippen LogP contribution in [0.1, 0.15) is 12.8 Å². The van der Waals surface area contributed by atoms with Gasteiger partial charge in [0.05, 0.1) is 6.07 Å². The molecule has 64 valence electrons. The molecule has 0 aromatic rings. The number of halogens is 4. The summed E-state index contributed by atoms with van der Waals surface area (Å²) in [6.45, 7) is 0. The van der Waals surface area contributed by atoms with Crippen LogP contribution in [0.15, 0.2) is 0 Å². The molecule has 0 fully saturated rings. The van der Waals surface area contributed by atoms with Gasteiger partial charge >= 0.3 is 6.18 Å². The van der Waals surface area contributed by atoms with E-state index in [9.17, 15) is 13.2 Å². The molecule has 0 saturated heterocycles. The molecule has 0 rings (SSSR count). The summed E-state index contributed by atoms with van der Waals surface area (Å²) in [5.41, 5.74) is 0. The second kappa shape index (κ2) is 4.60. The first kappa shape index (κ1) is 10.8. The molecular formula is C6H7BrF3N. The van der Waals surface area contributed by atoms with Gasteiger partial charge in [-0.05, 0) is 5.92 Å². The number of hydrogen-bond donors (Lipinski definition) is 0. The predicted molar refractivity (Wildman–Crippen MR) is 38.2 cm³/mol. The van der Waals surface area contributed by atoms with Gasteiger partial charge in [0.15, 0.2) is 0 Å². The minimum atomic E-state index is -4.16. The Labute approximate surface area is 71.3 Å². The summed E-state index contributed by atoms with van der Waals surface area (Å²) in [5.74, 6) is -0.611. The topological polar surface area (TPSA) is 23.8 Å². The van der Waals surface area contributed by atoms with Crippen LogP contribution in [0.3, 0.4) is 0 Å². The van der Waals surface area contributed by atoms with Crippen LogP contribution in [0.2, 0.25) is 0 Å². The molecule has 0 N–H and O–H groups in total. The molecule has 0 aliphatic carbocycles. The molecule has 0 radical (unpaired) electrons. The van der Waals surface area contributed by atoms with E-state index in [1.165, 1.54) is 0 Å². The van der Waals surface area contributed by atoms with Gasteiger partial charge in [-0.3, -0.25) is 0 Å². The third kappa shape index (κ3) is 6.17. The second-order valence-corrected chi connectivity index (χ2v) is 2.85. The molecule has 0 unspecified atom stereocenters. The highest BCUT2D eigenvalue weighted by atomic mass is 79.9. The molecule has 5 heteroatoms. The minimum absolute atomic E-state index is 0.0508. The highest BCUT2D eigenvalue weighted by Gasteiger charge is 2.31. The Balaban J connectivity index is 3.80. The lowest BCUT2D eigenvalue weighted by molar-refractivity contribution is -0.142. The van der Waals surface area contributed by atoms with Crippen molar-refractivity contribution in [3.63, 3.8) is 0 Å². The third-order valence-electron chi connectivity index (χ3n) is 1.12. The molecule has 1 nitrogen and oxygen atoms in total. The fourth-order valence-electron chi connectivity index (χ4n) is 0.638. The van der Waals surface area contributed by atoms with Crippen molar-refractivity contribution in [1.82, 2.24) is 0 Å². The number of hydrogen-bond acceptors (Lipinski definition) is 1. The van der Waals surface area contributed by atoms with Crippen molar-refractivity contribution in [3.8, 4) is 6.07 Å². The van der Waals surface area contributed by atoms with Gasteiger partial charge in [-0.1, -0.05) is 15.9 Å². The fourth-order valence-corrected chi connectivity index (χ4v) is 1.10. The zero-order chi connectivity index (χ0) is 8.91. The Morgan fingerprint density at radius 2 is 2.00 bits per heavy atom. The van der Waals surface area contributed by atoms with E-state index >= 15 is 0 Å². The molecular weight excluding hydrogens is 223 g/mol. The summed E-state index contributed by atoms with van der Waals surface area (Å²) < 4.78 is 35.1. The molecule has 0 saturated carbocycles. The molecule has 0 aliphatic heterocycles. The molecule has 0 aliphatic rings. The van der Waals surface area contributed by atoms with Crippen molar-refractivity contribution in [1.29, 1.82) is 5.26 Å². The monoisotopic (exact) mass is 229 g/mol. The lowest BCUT2D eigenvalue weighted by Gasteiger charge is -2.11.